The van der Waals surface area contributed by atoms with Crippen LogP contribution in [0.4, 0.5) is 5.69 Å². The van der Waals surface area contributed by atoms with E-state index < -0.39 is 0 Å². The first kappa shape index (κ1) is 11.6. The second kappa shape index (κ2) is 4.29. The van der Waals surface area contributed by atoms with Crippen LogP contribution in [0, 0.1) is 13.8 Å². The molecule has 0 saturated carbocycles. The molecule has 0 radical (unpaired) electrons. The van der Waals surface area contributed by atoms with Gasteiger partial charge >= 0.3 is 0 Å². The number of hydrogen-bond acceptors (Lipinski definition) is 5. The number of H-pyrrole nitrogens is 1. The van der Waals surface area contributed by atoms with Crippen LogP contribution in [0.25, 0.3) is 11.0 Å². The third kappa shape index (κ3) is 2.09. The highest BCUT2D eigenvalue weighted by Crippen LogP contribution is 2.32. The van der Waals surface area contributed by atoms with Crippen LogP contribution in [0.3, 0.4) is 0 Å². The minimum absolute atomic E-state index is 0.739. The predicted octanol–water partition coefficient (Wildman–Crippen LogP) is 3.37. The van der Waals surface area contributed by atoms with Gasteiger partial charge in [-0.1, -0.05) is 0 Å². The van der Waals surface area contributed by atoms with Gasteiger partial charge in [-0.15, -0.1) is 11.3 Å². The summed E-state index contributed by atoms with van der Waals surface area (Å²) in [5, 5.41) is 0.851. The molecule has 2 heterocycles. The SMILES string of the molecule is Cc1nc(Sc2nc3ccc(N)cc3[nH]2)sc1C. The van der Waals surface area contributed by atoms with E-state index in [1.165, 1.54) is 4.88 Å². The molecule has 0 aliphatic carbocycles. The monoisotopic (exact) mass is 276 g/mol. The molecule has 3 aromatic rings. The van der Waals surface area contributed by atoms with E-state index >= 15 is 0 Å². The number of nitrogen functional groups attached to an aromatic ring is 1. The Bertz CT molecular complexity index is 695. The summed E-state index contributed by atoms with van der Waals surface area (Å²) in [5.41, 5.74) is 9.46. The summed E-state index contributed by atoms with van der Waals surface area (Å²) in [6.07, 6.45) is 0. The Kier molecular flexibility index (Phi) is 2.76. The van der Waals surface area contributed by atoms with Crippen LogP contribution in [0.5, 0.6) is 0 Å². The number of aromatic amines is 1. The second-order valence-electron chi connectivity index (χ2n) is 4.04. The van der Waals surface area contributed by atoms with E-state index in [1.807, 2.05) is 25.1 Å². The maximum atomic E-state index is 5.74. The maximum Gasteiger partial charge on any atom is 0.173 e. The number of nitrogens with two attached hydrogens (primary N) is 1. The van der Waals surface area contributed by atoms with Crippen molar-refractivity contribution in [3.05, 3.63) is 28.8 Å². The molecule has 2 aromatic heterocycles. The van der Waals surface area contributed by atoms with Crippen LogP contribution in [0.15, 0.2) is 27.7 Å². The number of fused-ring (bicyclic) bond motifs is 1. The quantitative estimate of drug-likeness (QED) is 0.704. The van der Waals surface area contributed by atoms with Crippen molar-refractivity contribution in [2.75, 3.05) is 5.73 Å². The summed E-state index contributed by atoms with van der Waals surface area (Å²) in [7, 11) is 0. The van der Waals surface area contributed by atoms with Crippen molar-refractivity contribution in [1.82, 2.24) is 15.0 Å². The van der Waals surface area contributed by atoms with Crippen LogP contribution in [0.2, 0.25) is 0 Å². The number of nitrogens with zero attached hydrogens (tertiary/aromatic N) is 2. The number of aryl methyl sites for hydroxylation is 2. The predicted molar refractivity (Wildman–Crippen MR) is 76.2 cm³/mol. The molecule has 1 aromatic carbocycles. The summed E-state index contributed by atoms with van der Waals surface area (Å²) in [6, 6.07) is 5.67. The number of nitrogens with one attached hydrogen (secondary N) is 1. The molecule has 0 unspecified atom stereocenters. The molecule has 0 aliphatic heterocycles. The van der Waals surface area contributed by atoms with Crippen LogP contribution in [-0.2, 0) is 0 Å². The van der Waals surface area contributed by atoms with Gasteiger partial charge in [0.15, 0.2) is 9.50 Å². The Morgan fingerprint density at radius 3 is 2.83 bits per heavy atom. The van der Waals surface area contributed by atoms with E-state index in [0.717, 1.165) is 31.9 Å². The Morgan fingerprint density at radius 2 is 2.11 bits per heavy atom. The molecule has 3 rings (SSSR count). The summed E-state index contributed by atoms with van der Waals surface area (Å²) >= 11 is 3.24. The number of rotatable bonds is 2. The molecule has 0 amide bonds. The zero-order valence-electron chi connectivity index (χ0n) is 10.0. The Hall–Kier alpha value is -1.53. The number of aromatic nitrogens is 3. The van der Waals surface area contributed by atoms with Crippen LogP contribution in [-0.4, -0.2) is 15.0 Å². The molecule has 0 spiro atoms. The fraction of sp³-hybridized carbons (Fsp3) is 0.167. The number of benzene rings is 1. The number of thiazole rings is 1. The molecule has 6 heteroatoms. The summed E-state index contributed by atoms with van der Waals surface area (Å²) in [4.78, 5) is 13.5. The third-order valence-corrected chi connectivity index (χ3v) is 4.70. The lowest BCUT2D eigenvalue weighted by atomic mass is 10.3. The van der Waals surface area contributed by atoms with Gasteiger partial charge in [-0.05, 0) is 43.8 Å². The number of hydrogen-bond donors (Lipinski definition) is 2. The molecule has 0 aliphatic rings. The molecule has 4 nitrogen and oxygen atoms in total. The number of anilines is 1. The van der Waals surface area contributed by atoms with Gasteiger partial charge < -0.3 is 10.7 Å². The zero-order chi connectivity index (χ0) is 12.7. The van der Waals surface area contributed by atoms with Crippen LogP contribution in [0.1, 0.15) is 10.6 Å². The highest BCUT2D eigenvalue weighted by atomic mass is 32.2. The molecule has 3 N–H and O–H groups in total. The topological polar surface area (TPSA) is 67.6 Å². The first-order valence-corrected chi connectivity index (χ1v) is 7.12. The Balaban J connectivity index is 1.95. The lowest BCUT2D eigenvalue weighted by Gasteiger charge is -1.90. The Morgan fingerprint density at radius 1 is 1.28 bits per heavy atom. The van der Waals surface area contributed by atoms with E-state index in [2.05, 4.69) is 21.9 Å². The van der Waals surface area contributed by atoms with Gasteiger partial charge in [-0.2, -0.15) is 0 Å². The van der Waals surface area contributed by atoms with Crippen molar-refractivity contribution in [3.8, 4) is 0 Å². The average Bonchev–Trinajstić information content (AvgIpc) is 2.82. The summed E-state index contributed by atoms with van der Waals surface area (Å²) < 4.78 is 1.01. The maximum absolute atomic E-state index is 5.74. The van der Waals surface area contributed by atoms with Gasteiger partial charge in [-0.3, -0.25) is 0 Å². The van der Waals surface area contributed by atoms with Gasteiger partial charge in [0.25, 0.3) is 0 Å². The highest BCUT2D eigenvalue weighted by molar-refractivity contribution is 8.00. The Labute approximate surface area is 113 Å². The normalized spacial score (nSPS) is 11.2. The first-order valence-electron chi connectivity index (χ1n) is 5.49. The summed E-state index contributed by atoms with van der Waals surface area (Å²) in [5.74, 6) is 0. The minimum atomic E-state index is 0.739. The molecule has 0 saturated heterocycles. The lowest BCUT2D eigenvalue weighted by Crippen LogP contribution is -1.82. The van der Waals surface area contributed by atoms with Crippen molar-refractivity contribution in [1.29, 1.82) is 0 Å². The molecule has 92 valence electrons. The van der Waals surface area contributed by atoms with Gasteiger partial charge in [0.2, 0.25) is 0 Å². The molecular weight excluding hydrogens is 264 g/mol. The van der Waals surface area contributed by atoms with Crippen LogP contribution >= 0.6 is 23.1 Å². The van der Waals surface area contributed by atoms with Crippen molar-refractivity contribution < 1.29 is 0 Å². The van der Waals surface area contributed by atoms with E-state index in [-0.39, 0.29) is 0 Å². The van der Waals surface area contributed by atoms with Crippen molar-refractivity contribution in [2.24, 2.45) is 0 Å². The molecule has 0 atom stereocenters. The lowest BCUT2D eigenvalue weighted by molar-refractivity contribution is 1.07. The number of imidazole rings is 1. The standard InChI is InChI=1S/C12H12N4S2/c1-6-7(2)17-12(14-6)18-11-15-9-4-3-8(13)5-10(9)16-11/h3-5H,13H2,1-2H3,(H,15,16). The van der Waals surface area contributed by atoms with E-state index in [4.69, 9.17) is 5.73 Å². The van der Waals surface area contributed by atoms with Crippen LogP contribution < -0.4 is 5.73 Å². The third-order valence-electron chi connectivity index (χ3n) is 2.68. The van der Waals surface area contributed by atoms with Crippen molar-refractivity contribution in [2.45, 2.75) is 23.3 Å². The molecule has 0 bridgehead atoms. The van der Waals surface area contributed by atoms with Gasteiger partial charge in [-0.25, -0.2) is 9.97 Å². The second-order valence-corrected chi connectivity index (χ2v) is 6.48. The van der Waals surface area contributed by atoms with Gasteiger partial charge in [0, 0.05) is 10.6 Å². The highest BCUT2D eigenvalue weighted by Gasteiger charge is 2.09. The largest absolute Gasteiger partial charge is 0.399 e. The fourth-order valence-corrected chi connectivity index (χ4v) is 3.69. The first-order chi connectivity index (χ1) is 8.61. The van der Waals surface area contributed by atoms with E-state index in [9.17, 15) is 0 Å². The van der Waals surface area contributed by atoms with Gasteiger partial charge in [0.1, 0.15) is 0 Å². The smallest absolute Gasteiger partial charge is 0.173 e. The molecule has 0 fully saturated rings. The fourth-order valence-electron chi connectivity index (χ4n) is 1.62. The van der Waals surface area contributed by atoms with E-state index in [1.54, 1.807) is 23.1 Å². The van der Waals surface area contributed by atoms with Crippen molar-refractivity contribution in [3.63, 3.8) is 0 Å². The molecular formula is C12H12N4S2. The zero-order valence-corrected chi connectivity index (χ0v) is 11.7. The van der Waals surface area contributed by atoms with Gasteiger partial charge in [0.05, 0.1) is 16.7 Å². The molecule has 18 heavy (non-hydrogen) atoms. The average molecular weight is 276 g/mol. The summed E-state index contributed by atoms with van der Waals surface area (Å²) in [6.45, 7) is 4.10. The minimum Gasteiger partial charge on any atom is -0.399 e. The van der Waals surface area contributed by atoms with E-state index in [0.29, 0.717) is 0 Å². The van der Waals surface area contributed by atoms with Crippen molar-refractivity contribution >= 4 is 39.8 Å².